The Labute approximate surface area is 293 Å². The lowest BCUT2D eigenvalue weighted by atomic mass is 10.1. The molecule has 2 saturated heterocycles. The van der Waals surface area contributed by atoms with E-state index in [1.54, 1.807) is 70.5 Å². The van der Waals surface area contributed by atoms with Crippen LogP contribution in [0.4, 0.5) is 14.4 Å². The molecule has 0 aromatic heterocycles. The molecule has 2 fully saturated rings. The van der Waals surface area contributed by atoms with Crippen LogP contribution in [0, 0.1) is 0 Å². The molecule has 0 radical (unpaired) electrons. The maximum Gasteiger partial charge on any atom is 0.410 e. The van der Waals surface area contributed by atoms with E-state index < -0.39 is 29.0 Å². The van der Waals surface area contributed by atoms with Crippen LogP contribution in [0.25, 0.3) is 0 Å². The summed E-state index contributed by atoms with van der Waals surface area (Å²) in [6.07, 6.45) is 3.62. The van der Waals surface area contributed by atoms with Crippen LogP contribution in [0.3, 0.4) is 0 Å². The topological polar surface area (TPSA) is 190 Å². The van der Waals surface area contributed by atoms with Crippen LogP contribution in [-0.2, 0) is 14.3 Å². The SMILES string of the molecule is CC(C)(C)OC(=O)N1CCC(N)CC1.CC(C)(C)OC(=O)N1CCC(NC(=O)NC(=O)c2ccccc2)CC1.O=C=NC(=O)c1ccccc1. The smallest absolute Gasteiger partial charge is 0.410 e. The molecular weight excluding hydrogens is 644 g/mol. The maximum atomic E-state index is 12.0. The van der Waals surface area contributed by atoms with Crippen molar-refractivity contribution >= 4 is 36.1 Å². The van der Waals surface area contributed by atoms with Gasteiger partial charge in [-0.2, -0.15) is 0 Å². The Morgan fingerprint density at radius 2 is 1.14 bits per heavy atom. The molecule has 2 heterocycles. The Balaban J connectivity index is 0.000000291. The molecule has 0 saturated carbocycles. The standard InChI is InChI=1S/C18H25N3O4.C10H20N2O2.C8H5NO2/c1-18(2,3)25-17(24)21-11-9-14(10-12-21)19-16(23)20-15(22)13-7-5-4-6-8-13;1-10(2,3)14-9(13)12-6-4-8(11)5-7-12;10-6-9-8(11)7-4-2-1-3-5-7/h4-8,14H,9-12H2,1-3H3,(H2,19,20,22,23);8H,4-7,11H2,1-3H3;1-5H. The molecule has 14 heteroatoms. The normalized spacial score (nSPS) is 15.0. The number of aliphatic imine (C=N–C) groups is 1. The van der Waals surface area contributed by atoms with E-state index in [0.717, 1.165) is 25.9 Å². The summed E-state index contributed by atoms with van der Waals surface area (Å²) in [7, 11) is 0. The summed E-state index contributed by atoms with van der Waals surface area (Å²) in [5, 5.41) is 5.09. The van der Waals surface area contributed by atoms with Crippen molar-refractivity contribution in [3.63, 3.8) is 0 Å². The Kier molecular flexibility index (Phi) is 16.3. The molecule has 0 aliphatic carbocycles. The van der Waals surface area contributed by atoms with Gasteiger partial charge in [-0.1, -0.05) is 36.4 Å². The Hall–Kier alpha value is -5.07. The van der Waals surface area contributed by atoms with Crippen molar-refractivity contribution in [2.45, 2.75) is 90.5 Å². The highest BCUT2D eigenvalue weighted by Gasteiger charge is 2.28. The first-order chi connectivity index (χ1) is 23.5. The molecule has 2 aromatic rings. The lowest BCUT2D eigenvalue weighted by Gasteiger charge is -2.33. The second kappa shape index (κ2) is 19.8. The van der Waals surface area contributed by atoms with Gasteiger partial charge in [0.05, 0.1) is 0 Å². The fourth-order valence-electron chi connectivity index (χ4n) is 4.61. The second-order valence-electron chi connectivity index (χ2n) is 13.7. The third kappa shape index (κ3) is 16.4. The zero-order valence-corrected chi connectivity index (χ0v) is 29.8. The van der Waals surface area contributed by atoms with E-state index in [9.17, 15) is 28.8 Å². The van der Waals surface area contributed by atoms with Gasteiger partial charge >= 0.3 is 18.2 Å². The number of isocyanates is 1. The van der Waals surface area contributed by atoms with Gasteiger partial charge in [-0.25, -0.2) is 19.2 Å². The summed E-state index contributed by atoms with van der Waals surface area (Å²) in [5.74, 6) is -0.995. The summed E-state index contributed by atoms with van der Waals surface area (Å²) in [5.41, 5.74) is 5.64. The number of nitrogens with zero attached hydrogens (tertiary/aromatic N) is 3. The second-order valence-corrected chi connectivity index (χ2v) is 13.7. The van der Waals surface area contributed by atoms with Gasteiger partial charge in [0.1, 0.15) is 11.2 Å². The van der Waals surface area contributed by atoms with Gasteiger partial charge in [-0.05, 0) is 91.5 Å². The summed E-state index contributed by atoms with van der Waals surface area (Å²) in [6.45, 7) is 13.6. The van der Waals surface area contributed by atoms with Crippen LogP contribution >= 0.6 is 0 Å². The predicted octanol–water partition coefficient (Wildman–Crippen LogP) is 5.03. The van der Waals surface area contributed by atoms with Crippen LogP contribution in [0.5, 0.6) is 0 Å². The molecule has 0 atom stereocenters. The van der Waals surface area contributed by atoms with Crippen LogP contribution < -0.4 is 16.4 Å². The van der Waals surface area contributed by atoms with Crippen LogP contribution in [-0.4, -0.2) is 95.4 Å². The fourth-order valence-corrected chi connectivity index (χ4v) is 4.61. The van der Waals surface area contributed by atoms with Crippen LogP contribution in [0.2, 0.25) is 0 Å². The van der Waals surface area contributed by atoms with E-state index in [0.29, 0.717) is 37.1 Å². The number of nitrogens with two attached hydrogens (primary N) is 1. The van der Waals surface area contributed by atoms with Gasteiger partial charge < -0.3 is 30.3 Å². The van der Waals surface area contributed by atoms with E-state index in [1.807, 2.05) is 41.5 Å². The van der Waals surface area contributed by atoms with E-state index in [-0.39, 0.29) is 24.3 Å². The number of nitrogens with one attached hydrogen (secondary N) is 2. The third-order valence-corrected chi connectivity index (χ3v) is 7.10. The quantitative estimate of drug-likeness (QED) is 0.292. The molecule has 272 valence electrons. The number of benzene rings is 2. The van der Waals surface area contributed by atoms with Crippen molar-refractivity contribution in [3.8, 4) is 0 Å². The first-order valence-electron chi connectivity index (χ1n) is 16.5. The van der Waals surface area contributed by atoms with E-state index in [2.05, 4.69) is 15.6 Å². The van der Waals surface area contributed by atoms with Gasteiger partial charge in [-0.3, -0.25) is 14.9 Å². The number of hydrogen-bond donors (Lipinski definition) is 3. The molecule has 4 N–H and O–H groups in total. The van der Waals surface area contributed by atoms with Crippen LogP contribution in [0.1, 0.15) is 87.9 Å². The number of carbonyl (C=O) groups excluding carboxylic acids is 6. The van der Waals surface area contributed by atoms with Gasteiger partial charge in [-0.15, -0.1) is 4.99 Å². The summed E-state index contributed by atoms with van der Waals surface area (Å²) >= 11 is 0. The first-order valence-corrected chi connectivity index (χ1v) is 16.5. The van der Waals surface area contributed by atoms with Crippen molar-refractivity contribution in [2.75, 3.05) is 26.2 Å². The average Bonchev–Trinajstić information content (AvgIpc) is 3.05. The minimum Gasteiger partial charge on any atom is -0.444 e. The van der Waals surface area contributed by atoms with Gasteiger partial charge in [0, 0.05) is 49.4 Å². The fraction of sp³-hybridized carbons (Fsp3) is 0.500. The maximum absolute atomic E-state index is 12.0. The molecule has 2 aliphatic rings. The summed E-state index contributed by atoms with van der Waals surface area (Å²) in [4.78, 5) is 74.3. The van der Waals surface area contributed by atoms with Gasteiger partial charge in [0.15, 0.2) is 0 Å². The molecule has 4 rings (SSSR count). The number of ether oxygens (including phenoxy) is 2. The predicted molar refractivity (Wildman–Crippen MR) is 187 cm³/mol. The molecule has 6 amide bonds. The third-order valence-electron chi connectivity index (χ3n) is 7.10. The van der Waals surface area contributed by atoms with E-state index in [1.165, 1.54) is 6.08 Å². The minimum absolute atomic E-state index is 0.0812. The Morgan fingerprint density at radius 1 is 0.720 bits per heavy atom. The van der Waals surface area contributed by atoms with Crippen molar-refractivity contribution in [3.05, 3.63) is 71.8 Å². The lowest BCUT2D eigenvalue weighted by Crippen LogP contribution is -2.50. The van der Waals surface area contributed by atoms with Crippen LogP contribution in [0.15, 0.2) is 65.7 Å². The number of likely N-dealkylation sites (tertiary alicyclic amines) is 2. The highest BCUT2D eigenvalue weighted by Crippen LogP contribution is 2.16. The highest BCUT2D eigenvalue weighted by atomic mass is 16.6. The molecule has 2 aliphatic heterocycles. The molecule has 14 nitrogen and oxygen atoms in total. The van der Waals surface area contributed by atoms with E-state index in [4.69, 9.17) is 15.2 Å². The van der Waals surface area contributed by atoms with Gasteiger partial charge in [0.2, 0.25) is 6.08 Å². The van der Waals surface area contributed by atoms with Gasteiger partial charge in [0.25, 0.3) is 11.8 Å². The van der Waals surface area contributed by atoms with Crippen molar-refractivity contribution in [1.82, 2.24) is 20.4 Å². The van der Waals surface area contributed by atoms with Crippen molar-refractivity contribution in [1.29, 1.82) is 0 Å². The zero-order valence-electron chi connectivity index (χ0n) is 29.8. The number of amides is 6. The van der Waals surface area contributed by atoms with E-state index >= 15 is 0 Å². The highest BCUT2D eigenvalue weighted by molar-refractivity contribution is 6.04. The van der Waals surface area contributed by atoms with Crippen molar-refractivity contribution < 1.29 is 38.2 Å². The lowest BCUT2D eigenvalue weighted by molar-refractivity contribution is 0.0193. The molecule has 0 unspecified atom stereocenters. The summed E-state index contributed by atoms with van der Waals surface area (Å²) < 4.78 is 10.6. The largest absolute Gasteiger partial charge is 0.444 e. The summed E-state index contributed by atoms with van der Waals surface area (Å²) in [6, 6.07) is 16.5. The van der Waals surface area contributed by atoms with Crippen molar-refractivity contribution in [2.24, 2.45) is 10.7 Å². The molecular formula is C36H50N6O8. The zero-order chi connectivity index (χ0) is 37.3. The monoisotopic (exact) mass is 694 g/mol. The number of imide groups is 1. The number of carbonyl (C=O) groups is 5. The average molecular weight is 695 g/mol. The Morgan fingerprint density at radius 3 is 1.56 bits per heavy atom. The minimum atomic E-state index is -0.555. The number of piperidine rings is 2. The molecule has 50 heavy (non-hydrogen) atoms. The Bertz CT molecular complexity index is 1450. The molecule has 0 spiro atoms. The number of urea groups is 1. The number of rotatable bonds is 3. The molecule has 2 aromatic carbocycles. The number of hydrogen-bond acceptors (Lipinski definition) is 9. The first kappa shape index (κ1) is 41.1. The molecule has 0 bridgehead atoms.